The predicted octanol–water partition coefficient (Wildman–Crippen LogP) is 1.56. The number of sulfonamides is 1. The van der Waals surface area contributed by atoms with Gasteiger partial charge in [0, 0.05) is 19.0 Å². The highest BCUT2D eigenvalue weighted by atomic mass is 32.2. The van der Waals surface area contributed by atoms with Crippen LogP contribution in [0.1, 0.15) is 36.0 Å². The van der Waals surface area contributed by atoms with Gasteiger partial charge in [0.15, 0.2) is 0 Å². The fraction of sp³-hybridized carbons (Fsp3) is 0.533. The molecule has 1 aromatic carbocycles. The second-order valence-corrected chi connectivity index (χ2v) is 7.42. The topological polar surface area (TPSA) is 75.3 Å². The fourth-order valence-corrected chi connectivity index (χ4v) is 3.97. The first-order valence-electron chi connectivity index (χ1n) is 7.16. The van der Waals surface area contributed by atoms with Crippen LogP contribution in [-0.2, 0) is 14.8 Å². The summed E-state index contributed by atoms with van der Waals surface area (Å²) in [4.78, 5) is 11.9. The maximum atomic E-state index is 12.4. The Morgan fingerprint density at radius 2 is 1.76 bits per heavy atom. The van der Waals surface area contributed by atoms with Gasteiger partial charge in [-0.05, 0) is 44.7 Å². The van der Waals surface area contributed by atoms with Crippen molar-refractivity contribution in [3.8, 4) is 0 Å². The molecule has 0 bridgehead atoms. The second-order valence-electron chi connectivity index (χ2n) is 5.72. The van der Waals surface area contributed by atoms with Crippen LogP contribution in [0.2, 0.25) is 0 Å². The first-order chi connectivity index (χ1) is 9.79. The molecule has 2 rings (SSSR count). The molecule has 5 nitrogen and oxygen atoms in total. The third-order valence-corrected chi connectivity index (χ3v) is 5.23. The Balaban J connectivity index is 1.99. The predicted molar refractivity (Wildman–Crippen MR) is 81.6 cm³/mol. The first-order valence-corrected chi connectivity index (χ1v) is 8.65. The molecule has 0 aromatic heterocycles. The van der Waals surface area contributed by atoms with E-state index in [9.17, 15) is 13.2 Å². The number of hydrogen-bond acceptors (Lipinski definition) is 3. The Kier molecular flexibility index (Phi) is 4.68. The Morgan fingerprint density at radius 1 is 1.19 bits per heavy atom. The molecule has 116 valence electrons. The van der Waals surface area contributed by atoms with E-state index >= 15 is 0 Å². The Bertz CT molecular complexity index is 626. The minimum Gasteiger partial charge on any atom is -0.353 e. The number of carbonyl (C=O) groups excluding carboxylic acids is 1. The Morgan fingerprint density at radius 3 is 2.29 bits per heavy atom. The van der Waals surface area contributed by atoms with Crippen molar-refractivity contribution in [2.45, 2.75) is 51.0 Å². The third-order valence-electron chi connectivity index (χ3n) is 3.46. The summed E-state index contributed by atoms with van der Waals surface area (Å²) in [5.41, 5.74) is 2.48. The van der Waals surface area contributed by atoms with Crippen molar-refractivity contribution in [3.05, 3.63) is 28.8 Å². The van der Waals surface area contributed by atoms with Gasteiger partial charge < -0.3 is 5.32 Å². The zero-order valence-corrected chi connectivity index (χ0v) is 13.5. The maximum absolute atomic E-state index is 12.4. The summed E-state index contributed by atoms with van der Waals surface area (Å²) in [6.07, 6.45) is 2.22. The molecule has 1 fully saturated rings. The van der Waals surface area contributed by atoms with Crippen molar-refractivity contribution < 1.29 is 13.2 Å². The lowest BCUT2D eigenvalue weighted by molar-refractivity contribution is -0.121. The largest absolute Gasteiger partial charge is 0.353 e. The molecule has 0 unspecified atom stereocenters. The molecule has 1 amide bonds. The van der Waals surface area contributed by atoms with Crippen molar-refractivity contribution in [1.82, 2.24) is 10.0 Å². The van der Waals surface area contributed by atoms with E-state index in [0.29, 0.717) is 10.9 Å². The zero-order chi connectivity index (χ0) is 15.6. The van der Waals surface area contributed by atoms with Gasteiger partial charge in [-0.15, -0.1) is 0 Å². The molecule has 1 aliphatic rings. The van der Waals surface area contributed by atoms with Crippen LogP contribution in [0, 0.1) is 20.8 Å². The lowest BCUT2D eigenvalue weighted by Crippen LogP contribution is -2.32. The smallest absolute Gasteiger partial charge is 0.241 e. The van der Waals surface area contributed by atoms with Gasteiger partial charge in [-0.25, -0.2) is 13.1 Å². The van der Waals surface area contributed by atoms with Gasteiger partial charge in [0.25, 0.3) is 0 Å². The first kappa shape index (κ1) is 16.0. The summed E-state index contributed by atoms with van der Waals surface area (Å²) < 4.78 is 27.2. The van der Waals surface area contributed by atoms with E-state index in [0.717, 1.165) is 29.5 Å². The van der Waals surface area contributed by atoms with Crippen molar-refractivity contribution in [2.75, 3.05) is 6.54 Å². The molecule has 1 aromatic rings. The number of hydrogen-bond donors (Lipinski definition) is 2. The minimum atomic E-state index is -3.58. The average Bonchev–Trinajstić information content (AvgIpc) is 3.10. The molecule has 0 heterocycles. The molecular formula is C15H22N2O3S. The minimum absolute atomic E-state index is 0.0995. The van der Waals surface area contributed by atoms with Crippen LogP contribution in [0.25, 0.3) is 0 Å². The molecule has 1 aliphatic carbocycles. The average molecular weight is 310 g/mol. The number of benzene rings is 1. The molecule has 21 heavy (non-hydrogen) atoms. The van der Waals surface area contributed by atoms with Gasteiger partial charge in [-0.3, -0.25) is 4.79 Å². The highest BCUT2D eigenvalue weighted by Gasteiger charge is 2.24. The van der Waals surface area contributed by atoms with Crippen LogP contribution in [-0.4, -0.2) is 26.9 Å². The summed E-state index contributed by atoms with van der Waals surface area (Å²) in [7, 11) is -3.58. The van der Waals surface area contributed by atoms with Gasteiger partial charge in [0.2, 0.25) is 15.9 Å². The molecular weight excluding hydrogens is 288 g/mol. The zero-order valence-electron chi connectivity index (χ0n) is 12.7. The lowest BCUT2D eigenvalue weighted by Gasteiger charge is -2.13. The van der Waals surface area contributed by atoms with Crippen molar-refractivity contribution in [2.24, 2.45) is 0 Å². The molecule has 0 spiro atoms. The molecule has 0 aliphatic heterocycles. The van der Waals surface area contributed by atoms with Crippen molar-refractivity contribution in [3.63, 3.8) is 0 Å². The normalized spacial score (nSPS) is 15.0. The van der Waals surface area contributed by atoms with Gasteiger partial charge >= 0.3 is 0 Å². The molecule has 2 N–H and O–H groups in total. The van der Waals surface area contributed by atoms with Crippen molar-refractivity contribution in [1.29, 1.82) is 0 Å². The van der Waals surface area contributed by atoms with E-state index < -0.39 is 10.0 Å². The number of aryl methyl sites for hydroxylation is 3. The highest BCUT2D eigenvalue weighted by molar-refractivity contribution is 7.89. The summed E-state index contributed by atoms with van der Waals surface area (Å²) in [5, 5.41) is 2.84. The van der Waals surface area contributed by atoms with Gasteiger partial charge in [0.05, 0.1) is 4.90 Å². The van der Waals surface area contributed by atoms with E-state index in [2.05, 4.69) is 10.0 Å². The fourth-order valence-electron chi connectivity index (χ4n) is 2.49. The van der Waals surface area contributed by atoms with E-state index in [4.69, 9.17) is 0 Å². The Labute approximate surface area is 126 Å². The summed E-state index contributed by atoms with van der Waals surface area (Å²) in [5.74, 6) is -0.0995. The number of rotatable bonds is 6. The molecule has 0 saturated heterocycles. The van der Waals surface area contributed by atoms with E-state index in [1.807, 2.05) is 19.1 Å². The van der Waals surface area contributed by atoms with Crippen molar-refractivity contribution >= 4 is 15.9 Å². The van der Waals surface area contributed by atoms with Crippen LogP contribution < -0.4 is 10.0 Å². The van der Waals surface area contributed by atoms with Crippen LogP contribution in [0.3, 0.4) is 0 Å². The number of nitrogens with one attached hydrogen (secondary N) is 2. The molecule has 0 atom stereocenters. The van der Waals surface area contributed by atoms with E-state index in [1.165, 1.54) is 0 Å². The van der Waals surface area contributed by atoms with E-state index in [1.54, 1.807) is 13.8 Å². The molecule has 1 saturated carbocycles. The summed E-state index contributed by atoms with van der Waals surface area (Å²) in [6.45, 7) is 5.63. The summed E-state index contributed by atoms with van der Waals surface area (Å²) in [6, 6.07) is 4.00. The quantitative estimate of drug-likeness (QED) is 0.837. The van der Waals surface area contributed by atoms with Crippen LogP contribution in [0.4, 0.5) is 0 Å². The van der Waals surface area contributed by atoms with Crippen LogP contribution >= 0.6 is 0 Å². The van der Waals surface area contributed by atoms with E-state index in [-0.39, 0.29) is 18.9 Å². The third kappa shape index (κ3) is 4.28. The molecule has 6 heteroatoms. The monoisotopic (exact) mass is 310 g/mol. The second kappa shape index (κ2) is 6.15. The number of carbonyl (C=O) groups is 1. The van der Waals surface area contributed by atoms with Gasteiger partial charge in [0.1, 0.15) is 0 Å². The van der Waals surface area contributed by atoms with Crippen LogP contribution in [0.5, 0.6) is 0 Å². The number of amides is 1. The standard InChI is InChI=1S/C15H22N2O3S/c1-10-8-11(2)15(12(3)9-10)21(19,20)16-7-6-14(18)17-13-4-5-13/h8-9,13,16H,4-7H2,1-3H3,(H,17,18). The van der Waals surface area contributed by atoms with Gasteiger partial charge in [-0.1, -0.05) is 17.7 Å². The summed E-state index contributed by atoms with van der Waals surface area (Å²) >= 11 is 0. The SMILES string of the molecule is Cc1cc(C)c(S(=O)(=O)NCCC(=O)NC2CC2)c(C)c1. The van der Waals surface area contributed by atoms with Crippen LogP contribution in [0.15, 0.2) is 17.0 Å². The highest BCUT2D eigenvalue weighted by Crippen LogP contribution is 2.21. The van der Waals surface area contributed by atoms with Gasteiger partial charge in [-0.2, -0.15) is 0 Å². The molecule has 0 radical (unpaired) electrons. The Hall–Kier alpha value is -1.40. The maximum Gasteiger partial charge on any atom is 0.241 e. The lowest BCUT2D eigenvalue weighted by atomic mass is 10.1.